The molecule has 0 aliphatic carbocycles. The molecule has 8 nitrogen and oxygen atoms in total. The number of methoxy groups -OCH3 is 1. The molecule has 170 valence electrons. The Morgan fingerprint density at radius 3 is 2.64 bits per heavy atom. The summed E-state index contributed by atoms with van der Waals surface area (Å²) in [7, 11) is 1.54. The van der Waals surface area contributed by atoms with Gasteiger partial charge in [-0.3, -0.25) is 14.9 Å². The maximum absolute atomic E-state index is 12.2. The number of benzene rings is 3. The molecule has 33 heavy (non-hydrogen) atoms. The van der Waals surface area contributed by atoms with Crippen LogP contribution in [0.2, 0.25) is 0 Å². The predicted octanol–water partition coefficient (Wildman–Crippen LogP) is 5.24. The van der Waals surface area contributed by atoms with Gasteiger partial charge >= 0.3 is 0 Å². The molecule has 10 heteroatoms. The monoisotopic (exact) mass is 623 g/mol. The van der Waals surface area contributed by atoms with Crippen LogP contribution in [0.5, 0.6) is 11.5 Å². The molecule has 0 aromatic heterocycles. The molecule has 1 amide bonds. The molecule has 3 aromatic carbocycles. The molecular weight excluding hydrogens is 605 g/mol. The lowest BCUT2D eigenvalue weighted by Crippen LogP contribution is -2.20. The number of hydrogen-bond acceptors (Lipinski definition) is 6. The minimum Gasteiger partial charge on any atom is -0.493 e. The smallest absolute Gasteiger partial charge is 0.273 e. The van der Waals surface area contributed by atoms with Gasteiger partial charge in [-0.05, 0) is 73.9 Å². The number of para-hydroxylation sites is 1. The molecule has 0 radical (unpaired) electrons. The zero-order valence-corrected chi connectivity index (χ0v) is 21.2. The van der Waals surface area contributed by atoms with Crippen molar-refractivity contribution < 1.29 is 19.2 Å². The molecule has 0 saturated carbocycles. The maximum Gasteiger partial charge on any atom is 0.273 e. The molecule has 0 spiro atoms. The van der Waals surface area contributed by atoms with Crippen LogP contribution in [0.4, 0.5) is 5.69 Å². The maximum atomic E-state index is 12.2. The van der Waals surface area contributed by atoms with Crippen molar-refractivity contribution in [2.45, 2.75) is 13.0 Å². The molecule has 0 aliphatic heterocycles. The van der Waals surface area contributed by atoms with Crippen LogP contribution in [0.3, 0.4) is 0 Å². The average Bonchev–Trinajstić information content (AvgIpc) is 2.79. The van der Waals surface area contributed by atoms with Crippen molar-refractivity contribution in [2.24, 2.45) is 5.10 Å². The fourth-order valence-corrected chi connectivity index (χ4v) is 3.85. The van der Waals surface area contributed by atoms with Gasteiger partial charge in [0.05, 0.1) is 29.1 Å². The molecule has 0 bridgehead atoms. The number of nitrogens with zero attached hydrogens (tertiary/aromatic N) is 2. The molecule has 1 N–H and O–H groups in total. The summed E-state index contributed by atoms with van der Waals surface area (Å²) in [4.78, 5) is 22.7. The Hall–Kier alpha value is -2.99. The number of carbonyl (C=O) groups excluding carboxylic acids is 1. The van der Waals surface area contributed by atoms with E-state index in [9.17, 15) is 14.9 Å². The van der Waals surface area contributed by atoms with Crippen LogP contribution < -0.4 is 14.9 Å². The highest BCUT2D eigenvalue weighted by molar-refractivity contribution is 14.1. The van der Waals surface area contributed by atoms with Gasteiger partial charge in [0.15, 0.2) is 11.5 Å². The molecular formula is C23H19BrIN3O5. The van der Waals surface area contributed by atoms with Crippen molar-refractivity contribution in [3.05, 3.63) is 95.5 Å². The molecule has 0 unspecified atom stereocenters. The first kappa shape index (κ1) is 24.6. The van der Waals surface area contributed by atoms with E-state index in [0.29, 0.717) is 33.7 Å². The number of ether oxygens (including phenoxy) is 2. The number of nitrogens with one attached hydrogen (secondary N) is 1. The highest BCUT2D eigenvalue weighted by atomic mass is 127. The van der Waals surface area contributed by atoms with Gasteiger partial charge in [-0.1, -0.05) is 30.3 Å². The average molecular weight is 624 g/mol. The lowest BCUT2D eigenvalue weighted by atomic mass is 10.1. The lowest BCUT2D eigenvalue weighted by molar-refractivity contribution is -0.385. The van der Waals surface area contributed by atoms with Crippen molar-refractivity contribution in [1.29, 1.82) is 0 Å². The van der Waals surface area contributed by atoms with Gasteiger partial charge in [-0.2, -0.15) is 5.10 Å². The number of hydrogen-bond donors (Lipinski definition) is 1. The van der Waals surface area contributed by atoms with E-state index in [1.807, 2.05) is 24.3 Å². The van der Waals surface area contributed by atoms with Gasteiger partial charge in [-0.15, -0.1) is 0 Å². The summed E-state index contributed by atoms with van der Waals surface area (Å²) in [5.74, 6) is 0.584. The predicted molar refractivity (Wildman–Crippen MR) is 137 cm³/mol. The highest BCUT2D eigenvalue weighted by Crippen LogP contribution is 2.36. The van der Waals surface area contributed by atoms with E-state index in [-0.39, 0.29) is 12.1 Å². The normalized spacial score (nSPS) is 10.8. The first-order chi connectivity index (χ1) is 15.9. The number of amides is 1. The van der Waals surface area contributed by atoms with Gasteiger partial charge in [0.2, 0.25) is 5.91 Å². The Morgan fingerprint density at radius 2 is 1.94 bits per heavy atom. The second-order valence-corrected chi connectivity index (χ2v) is 8.90. The lowest BCUT2D eigenvalue weighted by Gasteiger charge is -2.13. The molecule has 0 atom stereocenters. The standard InChI is InChI=1S/C23H19BrIN3O5/c1-32-21-11-16(10-19(24)23(21)33-14-15-6-8-18(25)9-7-15)13-26-27-22(29)12-17-4-2-3-5-20(17)28(30)31/h2-11,13H,12,14H2,1H3,(H,27,29)/b26-13+. The van der Waals surface area contributed by atoms with E-state index in [4.69, 9.17) is 9.47 Å². The summed E-state index contributed by atoms with van der Waals surface area (Å²) in [5, 5.41) is 15.0. The van der Waals surface area contributed by atoms with Crippen LogP contribution in [0.15, 0.2) is 70.2 Å². The Balaban J connectivity index is 1.65. The van der Waals surface area contributed by atoms with E-state index in [1.165, 1.54) is 19.4 Å². The van der Waals surface area contributed by atoms with Gasteiger partial charge < -0.3 is 9.47 Å². The van der Waals surface area contributed by atoms with Gasteiger partial charge in [-0.25, -0.2) is 5.43 Å². The summed E-state index contributed by atoms with van der Waals surface area (Å²) in [5.41, 5.74) is 4.28. The number of rotatable bonds is 9. The molecule has 0 fully saturated rings. The van der Waals surface area contributed by atoms with Crippen LogP contribution in [-0.4, -0.2) is 24.2 Å². The first-order valence-corrected chi connectivity index (χ1v) is 11.5. The Bertz CT molecular complexity index is 1190. The summed E-state index contributed by atoms with van der Waals surface area (Å²) in [6, 6.07) is 17.6. The van der Waals surface area contributed by atoms with Crippen LogP contribution in [-0.2, 0) is 17.8 Å². The number of hydrazone groups is 1. The van der Waals surface area contributed by atoms with E-state index in [0.717, 1.165) is 9.13 Å². The van der Waals surface area contributed by atoms with E-state index < -0.39 is 10.8 Å². The minimum atomic E-state index is -0.516. The molecule has 3 rings (SSSR count). The fourth-order valence-electron chi connectivity index (χ4n) is 2.92. The third-order valence-electron chi connectivity index (χ3n) is 4.49. The van der Waals surface area contributed by atoms with Crippen LogP contribution in [0.1, 0.15) is 16.7 Å². The Morgan fingerprint density at radius 1 is 1.21 bits per heavy atom. The minimum absolute atomic E-state index is 0.105. The third-order valence-corrected chi connectivity index (χ3v) is 5.80. The van der Waals surface area contributed by atoms with Crippen LogP contribution >= 0.6 is 38.5 Å². The summed E-state index contributed by atoms with van der Waals surface area (Å²) < 4.78 is 13.2. The van der Waals surface area contributed by atoms with Gasteiger partial charge in [0, 0.05) is 15.2 Å². The first-order valence-electron chi connectivity index (χ1n) is 9.66. The van der Waals surface area contributed by atoms with Crippen LogP contribution in [0.25, 0.3) is 0 Å². The summed E-state index contributed by atoms with van der Waals surface area (Å²) in [6.07, 6.45) is 1.29. The largest absolute Gasteiger partial charge is 0.493 e. The van der Waals surface area contributed by atoms with E-state index in [1.54, 1.807) is 30.3 Å². The summed E-state index contributed by atoms with van der Waals surface area (Å²) in [6.45, 7) is 0.376. The number of nitro groups is 1. The quantitative estimate of drug-likeness (QED) is 0.152. The highest BCUT2D eigenvalue weighted by Gasteiger charge is 2.15. The number of nitro benzene ring substituents is 1. The van der Waals surface area contributed by atoms with Crippen molar-refractivity contribution >= 4 is 56.3 Å². The second kappa shape index (κ2) is 11.8. The van der Waals surface area contributed by atoms with Crippen LogP contribution in [0, 0.1) is 13.7 Å². The number of carbonyl (C=O) groups is 1. The topological polar surface area (TPSA) is 103 Å². The zero-order valence-electron chi connectivity index (χ0n) is 17.5. The van der Waals surface area contributed by atoms with Crippen molar-refractivity contribution in [3.63, 3.8) is 0 Å². The van der Waals surface area contributed by atoms with E-state index >= 15 is 0 Å². The Labute approximate surface area is 212 Å². The third kappa shape index (κ3) is 6.99. The second-order valence-electron chi connectivity index (χ2n) is 6.81. The van der Waals surface area contributed by atoms with Crippen molar-refractivity contribution in [3.8, 4) is 11.5 Å². The zero-order chi connectivity index (χ0) is 23.8. The fraction of sp³-hybridized carbons (Fsp3) is 0.130. The van der Waals surface area contributed by atoms with E-state index in [2.05, 4.69) is 49.0 Å². The molecule has 3 aromatic rings. The Kier molecular flexibility index (Phi) is 8.78. The van der Waals surface area contributed by atoms with Gasteiger partial charge in [0.25, 0.3) is 5.69 Å². The van der Waals surface area contributed by atoms with Crippen molar-refractivity contribution in [1.82, 2.24) is 5.43 Å². The summed E-state index contributed by atoms with van der Waals surface area (Å²) >= 11 is 5.74. The van der Waals surface area contributed by atoms with Gasteiger partial charge in [0.1, 0.15) is 6.61 Å². The molecule has 0 heterocycles. The number of halogens is 2. The SMILES string of the molecule is COc1cc(/C=N/NC(=O)Cc2ccccc2[N+](=O)[O-])cc(Br)c1OCc1ccc(I)cc1. The van der Waals surface area contributed by atoms with Crippen molar-refractivity contribution in [2.75, 3.05) is 7.11 Å². The molecule has 0 aliphatic rings. The molecule has 0 saturated heterocycles.